The van der Waals surface area contributed by atoms with E-state index in [0.29, 0.717) is 24.7 Å². The van der Waals surface area contributed by atoms with Crippen LogP contribution in [-0.4, -0.2) is 79.5 Å². The zero-order valence-corrected chi connectivity index (χ0v) is 19.5. The van der Waals surface area contributed by atoms with Gasteiger partial charge in [-0.25, -0.2) is 19.2 Å². The zero-order valence-electron chi connectivity index (χ0n) is 19.5. The third-order valence-corrected chi connectivity index (χ3v) is 5.99. The number of hydrogen-bond donors (Lipinski definition) is 2. The van der Waals surface area contributed by atoms with Crippen molar-refractivity contribution in [3.63, 3.8) is 0 Å². The number of likely N-dealkylation sites (tertiary alicyclic amines) is 2. The van der Waals surface area contributed by atoms with Crippen molar-refractivity contribution in [2.45, 2.75) is 103 Å². The Morgan fingerprint density at radius 3 is 1.22 bits per heavy atom. The van der Waals surface area contributed by atoms with Crippen LogP contribution in [0.4, 0.5) is 9.59 Å². The molecule has 4 aliphatic rings. The number of amides is 2. The molecular weight excluding hydrogens is 420 g/mol. The average Bonchev–Trinajstić information content (AvgIpc) is 3.47. The van der Waals surface area contributed by atoms with E-state index in [1.165, 1.54) is 9.80 Å². The zero-order chi connectivity index (χ0) is 24.2. The van der Waals surface area contributed by atoms with Crippen LogP contribution in [0.25, 0.3) is 0 Å². The van der Waals surface area contributed by atoms with Gasteiger partial charge >= 0.3 is 24.1 Å². The molecular formula is C22H34N2O8. The van der Waals surface area contributed by atoms with Crippen molar-refractivity contribution in [1.29, 1.82) is 0 Å². The van der Waals surface area contributed by atoms with Gasteiger partial charge in [-0.1, -0.05) is 0 Å². The molecule has 10 nitrogen and oxygen atoms in total. The van der Waals surface area contributed by atoms with Crippen molar-refractivity contribution in [2.24, 2.45) is 11.8 Å². The van der Waals surface area contributed by atoms with Gasteiger partial charge in [-0.15, -0.1) is 0 Å². The summed E-state index contributed by atoms with van der Waals surface area (Å²) in [5.74, 6) is -1.13. The summed E-state index contributed by atoms with van der Waals surface area (Å²) in [7, 11) is 0. The first kappa shape index (κ1) is 24.1. The molecule has 6 atom stereocenters. The highest BCUT2D eigenvalue weighted by atomic mass is 16.6. The Kier molecular flexibility index (Phi) is 6.12. The molecule has 0 bridgehead atoms. The number of rotatable bonds is 2. The lowest BCUT2D eigenvalue weighted by atomic mass is 10.2. The molecule has 2 aliphatic heterocycles. The number of ether oxygens (including phenoxy) is 2. The van der Waals surface area contributed by atoms with E-state index in [1.807, 2.05) is 0 Å². The quantitative estimate of drug-likeness (QED) is 0.650. The first-order valence-electron chi connectivity index (χ1n) is 11.1. The minimum absolute atomic E-state index is 0.0935. The van der Waals surface area contributed by atoms with Crippen LogP contribution in [0, 0.1) is 11.8 Å². The standard InChI is InChI=1S/2C11H17NO4/c2*1-11(2,3)16-10(15)12-7-4-6(7)5-8(12)9(13)14/h2*6-8H,4-5H2,1-3H3,(H,13,14)/t2*6-,7-,8-/m10/s1. The fraction of sp³-hybridized carbons (Fsp3) is 0.818. The molecule has 0 aromatic heterocycles. The predicted molar refractivity (Wildman–Crippen MR) is 112 cm³/mol. The van der Waals surface area contributed by atoms with Crippen molar-refractivity contribution < 1.29 is 38.9 Å². The maximum absolute atomic E-state index is 11.9. The summed E-state index contributed by atoms with van der Waals surface area (Å²) < 4.78 is 10.4. The fourth-order valence-electron chi connectivity index (χ4n) is 4.51. The van der Waals surface area contributed by atoms with Gasteiger partial charge in [-0.2, -0.15) is 0 Å². The lowest BCUT2D eigenvalue weighted by molar-refractivity contribution is -0.143. The number of hydrogen-bond acceptors (Lipinski definition) is 6. The predicted octanol–water partition coefficient (Wildman–Crippen LogP) is 2.94. The maximum Gasteiger partial charge on any atom is 0.411 e. The van der Waals surface area contributed by atoms with E-state index in [0.717, 1.165) is 12.8 Å². The first-order chi connectivity index (χ1) is 14.6. The van der Waals surface area contributed by atoms with Crippen LogP contribution in [0.1, 0.15) is 67.2 Å². The molecule has 180 valence electrons. The monoisotopic (exact) mass is 454 g/mol. The van der Waals surface area contributed by atoms with Crippen molar-refractivity contribution in [1.82, 2.24) is 9.80 Å². The highest BCUT2D eigenvalue weighted by molar-refractivity contribution is 5.82. The van der Waals surface area contributed by atoms with E-state index in [-0.39, 0.29) is 12.1 Å². The van der Waals surface area contributed by atoms with Gasteiger partial charge in [0, 0.05) is 12.1 Å². The van der Waals surface area contributed by atoms with Crippen molar-refractivity contribution >= 4 is 24.1 Å². The maximum atomic E-state index is 11.9. The summed E-state index contributed by atoms with van der Waals surface area (Å²) in [4.78, 5) is 48.5. The number of carbonyl (C=O) groups excluding carboxylic acids is 2. The molecule has 4 rings (SSSR count). The van der Waals surface area contributed by atoms with Crippen LogP contribution in [0.15, 0.2) is 0 Å². The average molecular weight is 455 g/mol. The lowest BCUT2D eigenvalue weighted by Crippen LogP contribution is -2.45. The molecule has 0 aromatic carbocycles. The molecule has 0 spiro atoms. The van der Waals surface area contributed by atoms with Crippen LogP contribution in [-0.2, 0) is 19.1 Å². The minimum Gasteiger partial charge on any atom is -0.480 e. The van der Waals surface area contributed by atoms with Crippen LogP contribution < -0.4 is 0 Å². The molecule has 4 fully saturated rings. The molecule has 32 heavy (non-hydrogen) atoms. The van der Waals surface area contributed by atoms with E-state index >= 15 is 0 Å². The topological polar surface area (TPSA) is 134 Å². The summed E-state index contributed by atoms with van der Waals surface area (Å²) >= 11 is 0. The number of aliphatic carboxylic acids is 2. The van der Waals surface area contributed by atoms with Gasteiger partial charge in [0.1, 0.15) is 23.3 Å². The van der Waals surface area contributed by atoms with Crippen LogP contribution in [0.3, 0.4) is 0 Å². The van der Waals surface area contributed by atoms with Gasteiger partial charge in [-0.05, 0) is 79.1 Å². The van der Waals surface area contributed by atoms with Gasteiger partial charge in [0.2, 0.25) is 0 Å². The number of carboxylic acids is 2. The van der Waals surface area contributed by atoms with Crippen LogP contribution >= 0.6 is 0 Å². The van der Waals surface area contributed by atoms with E-state index in [1.54, 1.807) is 41.5 Å². The first-order valence-corrected chi connectivity index (χ1v) is 11.1. The van der Waals surface area contributed by atoms with Gasteiger partial charge in [-0.3, -0.25) is 9.80 Å². The number of fused-ring (bicyclic) bond motifs is 2. The number of piperidine rings is 2. The molecule has 0 aromatic rings. The summed E-state index contributed by atoms with van der Waals surface area (Å²) in [5, 5.41) is 18.0. The summed E-state index contributed by atoms with van der Waals surface area (Å²) in [6.45, 7) is 10.7. The molecule has 2 saturated carbocycles. The van der Waals surface area contributed by atoms with Gasteiger partial charge in [0.25, 0.3) is 0 Å². The molecule has 0 radical (unpaired) electrons. The second-order valence-electron chi connectivity index (χ2n) is 11.1. The van der Waals surface area contributed by atoms with Crippen molar-refractivity contribution in [3.8, 4) is 0 Å². The molecule has 2 amide bonds. The van der Waals surface area contributed by atoms with Crippen LogP contribution in [0.2, 0.25) is 0 Å². The Morgan fingerprint density at radius 1 is 0.656 bits per heavy atom. The SMILES string of the molecule is CC(C)(C)OC(=O)N1[C@@H](C(=O)O)C[C@H]2C[C@H]21.CC(C)(C)OC(=O)N1[C@H](C(=O)O)C[C@@H]2C[C@@H]21. The molecule has 2 saturated heterocycles. The van der Waals surface area contributed by atoms with Gasteiger partial charge in [0.05, 0.1) is 0 Å². The smallest absolute Gasteiger partial charge is 0.411 e. The Balaban J connectivity index is 0.000000181. The largest absolute Gasteiger partial charge is 0.480 e. The minimum atomic E-state index is -0.932. The summed E-state index contributed by atoms with van der Waals surface area (Å²) in [6.07, 6.45) is 1.99. The van der Waals surface area contributed by atoms with Crippen molar-refractivity contribution in [3.05, 3.63) is 0 Å². The van der Waals surface area contributed by atoms with Crippen molar-refractivity contribution in [2.75, 3.05) is 0 Å². The van der Waals surface area contributed by atoms with E-state index in [9.17, 15) is 19.2 Å². The second-order valence-corrected chi connectivity index (χ2v) is 11.1. The van der Waals surface area contributed by atoms with Gasteiger partial charge < -0.3 is 19.7 Å². The number of nitrogens with zero attached hydrogens (tertiary/aromatic N) is 2. The summed E-state index contributed by atoms with van der Waals surface area (Å²) in [5.41, 5.74) is -1.15. The molecule has 2 aliphatic carbocycles. The van der Waals surface area contributed by atoms with E-state index < -0.39 is 47.4 Å². The third kappa shape index (κ3) is 5.45. The third-order valence-electron chi connectivity index (χ3n) is 5.99. The fourth-order valence-corrected chi connectivity index (χ4v) is 4.51. The Morgan fingerprint density at radius 2 is 0.969 bits per heavy atom. The highest BCUT2D eigenvalue weighted by Crippen LogP contribution is 2.49. The van der Waals surface area contributed by atoms with Gasteiger partial charge in [0.15, 0.2) is 0 Å². The Labute approximate surface area is 187 Å². The highest BCUT2D eigenvalue weighted by Gasteiger charge is 2.58. The molecule has 10 heteroatoms. The van der Waals surface area contributed by atoms with Crippen LogP contribution in [0.5, 0.6) is 0 Å². The molecule has 2 N–H and O–H groups in total. The van der Waals surface area contributed by atoms with E-state index in [2.05, 4.69) is 0 Å². The Hall–Kier alpha value is -2.52. The normalized spacial score (nSPS) is 32.2. The van der Waals surface area contributed by atoms with E-state index in [4.69, 9.17) is 19.7 Å². The number of carboxylic acid groups (broad SMARTS) is 2. The Bertz CT molecular complexity index is 733. The summed E-state index contributed by atoms with van der Waals surface area (Å²) in [6, 6.07) is -1.20. The molecule has 2 heterocycles. The number of carbonyl (C=O) groups is 4. The lowest BCUT2D eigenvalue weighted by Gasteiger charge is -2.28. The molecule has 0 unspecified atom stereocenters. The second kappa shape index (κ2) is 8.12.